The molecule has 1 aromatic carbocycles. The van der Waals surface area contributed by atoms with E-state index in [1.165, 1.54) is 49.7 Å². The number of benzene rings is 1. The summed E-state index contributed by atoms with van der Waals surface area (Å²) in [7, 11) is 2.40. The lowest BCUT2D eigenvalue weighted by molar-refractivity contribution is -0.947. The molecule has 0 amide bonds. The molecule has 0 N–H and O–H groups in total. The molecule has 0 aromatic heterocycles. The molecule has 0 radical (unpaired) electrons. The van der Waals surface area contributed by atoms with Gasteiger partial charge in [-0.3, -0.25) is 0 Å². The van der Waals surface area contributed by atoms with Crippen LogP contribution in [0.1, 0.15) is 48.0 Å². The molecule has 0 saturated carbocycles. The third kappa shape index (κ3) is 3.05. The molecule has 0 bridgehead atoms. The van der Waals surface area contributed by atoms with Crippen LogP contribution in [-0.2, 0) is 4.74 Å². The first-order chi connectivity index (χ1) is 10.6. The number of quaternary nitrogens is 1. The minimum absolute atomic E-state index is 0.159. The Morgan fingerprint density at radius 1 is 1.18 bits per heavy atom. The second-order valence-electron chi connectivity index (χ2n) is 7.31. The van der Waals surface area contributed by atoms with Crippen LogP contribution in [0.3, 0.4) is 0 Å². The Hall–Kier alpha value is -1.35. The average Bonchev–Trinajstić information content (AvgIpc) is 2.52. The van der Waals surface area contributed by atoms with Crippen molar-refractivity contribution >= 4 is 5.97 Å². The predicted octanol–water partition coefficient (Wildman–Crippen LogP) is 3.56. The minimum Gasteiger partial charge on any atom is -0.462 e. The summed E-state index contributed by atoms with van der Waals surface area (Å²) in [6.45, 7) is 5.15. The summed E-state index contributed by atoms with van der Waals surface area (Å²) in [6, 6.07) is 8.37. The zero-order chi connectivity index (χ0) is 15.6. The number of nitrogens with zero attached hydrogens (tertiary/aromatic N) is 1. The van der Waals surface area contributed by atoms with E-state index in [0.29, 0.717) is 24.1 Å². The van der Waals surface area contributed by atoms with Gasteiger partial charge in [0.25, 0.3) is 0 Å². The van der Waals surface area contributed by atoms with Gasteiger partial charge in [-0.1, -0.05) is 18.2 Å². The lowest BCUT2D eigenvalue weighted by atomic mass is 9.82. The van der Waals surface area contributed by atoms with Gasteiger partial charge in [0.15, 0.2) is 0 Å². The smallest absolute Gasteiger partial charge is 0.338 e. The molecular formula is C19H28NO2+. The van der Waals surface area contributed by atoms with E-state index in [9.17, 15) is 4.79 Å². The molecule has 3 nitrogen and oxygen atoms in total. The minimum atomic E-state index is -0.159. The van der Waals surface area contributed by atoms with Crippen LogP contribution in [0, 0.1) is 12.8 Å². The Morgan fingerprint density at radius 3 is 2.77 bits per heavy atom. The summed E-state index contributed by atoms with van der Waals surface area (Å²) in [5.41, 5.74) is 1.70. The second kappa shape index (κ2) is 6.41. The van der Waals surface area contributed by atoms with Gasteiger partial charge in [0.1, 0.15) is 6.61 Å². The normalized spacial score (nSPS) is 31.4. The van der Waals surface area contributed by atoms with Crippen molar-refractivity contribution in [2.45, 2.75) is 45.1 Å². The van der Waals surface area contributed by atoms with Crippen molar-refractivity contribution in [1.29, 1.82) is 0 Å². The number of hydrogen-bond donors (Lipinski definition) is 0. The van der Waals surface area contributed by atoms with Gasteiger partial charge >= 0.3 is 5.97 Å². The predicted molar refractivity (Wildman–Crippen MR) is 87.7 cm³/mol. The number of fused-ring (bicyclic) bond motifs is 1. The van der Waals surface area contributed by atoms with Crippen LogP contribution in [0.2, 0.25) is 0 Å². The molecule has 3 heteroatoms. The van der Waals surface area contributed by atoms with E-state index in [2.05, 4.69) is 7.05 Å². The quantitative estimate of drug-likeness (QED) is 0.630. The number of hydrogen-bond acceptors (Lipinski definition) is 2. The first-order valence-electron chi connectivity index (χ1n) is 8.67. The molecule has 2 aliphatic heterocycles. The Labute approximate surface area is 133 Å². The van der Waals surface area contributed by atoms with Gasteiger partial charge in [-0.15, -0.1) is 0 Å². The summed E-state index contributed by atoms with van der Waals surface area (Å²) >= 11 is 0. The monoisotopic (exact) mass is 302 g/mol. The fourth-order valence-electron chi connectivity index (χ4n) is 4.49. The second-order valence-corrected chi connectivity index (χ2v) is 7.31. The van der Waals surface area contributed by atoms with Gasteiger partial charge in [0.2, 0.25) is 0 Å². The Bertz CT molecular complexity index is 538. The summed E-state index contributed by atoms with van der Waals surface area (Å²) in [6.07, 6.45) is 6.45. The van der Waals surface area contributed by atoms with Gasteiger partial charge < -0.3 is 9.22 Å². The zero-order valence-corrected chi connectivity index (χ0v) is 13.9. The average molecular weight is 302 g/mol. The number of ether oxygens (including phenoxy) is 1. The van der Waals surface area contributed by atoms with E-state index in [4.69, 9.17) is 4.74 Å². The molecule has 0 spiro atoms. The summed E-state index contributed by atoms with van der Waals surface area (Å²) in [5, 5.41) is 0. The van der Waals surface area contributed by atoms with Crippen molar-refractivity contribution < 1.29 is 14.0 Å². The lowest BCUT2D eigenvalue weighted by Gasteiger charge is -2.51. The van der Waals surface area contributed by atoms with Crippen LogP contribution in [0.25, 0.3) is 0 Å². The van der Waals surface area contributed by atoms with Crippen molar-refractivity contribution in [1.82, 2.24) is 0 Å². The maximum absolute atomic E-state index is 12.3. The van der Waals surface area contributed by atoms with Crippen molar-refractivity contribution in [3.05, 3.63) is 35.4 Å². The number of esters is 1. The topological polar surface area (TPSA) is 26.3 Å². The third-order valence-electron chi connectivity index (χ3n) is 5.80. The van der Waals surface area contributed by atoms with Crippen LogP contribution >= 0.6 is 0 Å². The lowest BCUT2D eigenvalue weighted by Crippen LogP contribution is -2.61. The molecule has 120 valence electrons. The number of aryl methyl sites for hydroxylation is 1. The number of carbonyl (C=O) groups is 1. The van der Waals surface area contributed by atoms with Gasteiger partial charge in [-0.05, 0) is 44.2 Å². The van der Waals surface area contributed by atoms with Gasteiger partial charge in [-0.2, -0.15) is 0 Å². The highest BCUT2D eigenvalue weighted by Gasteiger charge is 2.43. The first kappa shape index (κ1) is 15.5. The Kier molecular flexibility index (Phi) is 4.53. The first-order valence-corrected chi connectivity index (χ1v) is 8.67. The zero-order valence-electron chi connectivity index (χ0n) is 13.9. The molecule has 0 aliphatic carbocycles. The maximum atomic E-state index is 12.3. The van der Waals surface area contributed by atoms with Gasteiger partial charge in [0.05, 0.1) is 31.7 Å². The molecular weight excluding hydrogens is 274 g/mol. The Morgan fingerprint density at radius 2 is 1.95 bits per heavy atom. The molecule has 2 fully saturated rings. The molecule has 2 heterocycles. The number of carbonyl (C=O) groups excluding carboxylic acids is 1. The van der Waals surface area contributed by atoms with Crippen LogP contribution in [0.15, 0.2) is 24.3 Å². The van der Waals surface area contributed by atoms with E-state index < -0.39 is 0 Å². The van der Waals surface area contributed by atoms with E-state index >= 15 is 0 Å². The third-order valence-corrected chi connectivity index (χ3v) is 5.80. The molecule has 1 aromatic rings. The molecule has 3 rings (SSSR count). The highest BCUT2D eigenvalue weighted by Crippen LogP contribution is 2.36. The largest absolute Gasteiger partial charge is 0.462 e. The van der Waals surface area contributed by atoms with Crippen molar-refractivity contribution in [3.8, 4) is 0 Å². The fraction of sp³-hybridized carbons (Fsp3) is 0.632. The van der Waals surface area contributed by atoms with E-state index in [0.717, 1.165) is 5.56 Å². The van der Waals surface area contributed by atoms with Crippen LogP contribution in [0.4, 0.5) is 0 Å². The van der Waals surface area contributed by atoms with Crippen LogP contribution in [-0.4, -0.2) is 43.2 Å². The molecule has 2 aliphatic rings. The summed E-state index contributed by atoms with van der Waals surface area (Å²) in [5.74, 6) is 0.376. The summed E-state index contributed by atoms with van der Waals surface area (Å²) < 4.78 is 6.89. The highest BCUT2D eigenvalue weighted by molar-refractivity contribution is 5.90. The van der Waals surface area contributed by atoms with E-state index in [-0.39, 0.29) is 5.97 Å². The van der Waals surface area contributed by atoms with Crippen molar-refractivity contribution in [2.75, 3.05) is 26.7 Å². The summed E-state index contributed by atoms with van der Waals surface area (Å²) in [4.78, 5) is 12.3. The van der Waals surface area contributed by atoms with Crippen LogP contribution < -0.4 is 0 Å². The number of piperidine rings is 2. The van der Waals surface area contributed by atoms with Gasteiger partial charge in [0, 0.05) is 12.3 Å². The molecule has 22 heavy (non-hydrogen) atoms. The van der Waals surface area contributed by atoms with Crippen molar-refractivity contribution in [3.63, 3.8) is 0 Å². The van der Waals surface area contributed by atoms with E-state index in [1.807, 2.05) is 31.2 Å². The fourth-order valence-corrected chi connectivity index (χ4v) is 4.49. The molecule has 3 atom stereocenters. The molecule has 2 saturated heterocycles. The van der Waals surface area contributed by atoms with Crippen LogP contribution in [0.5, 0.6) is 0 Å². The number of rotatable bonds is 3. The van der Waals surface area contributed by atoms with Gasteiger partial charge in [-0.25, -0.2) is 4.79 Å². The Balaban J connectivity index is 1.63. The van der Waals surface area contributed by atoms with Crippen molar-refractivity contribution in [2.24, 2.45) is 5.92 Å². The standard InChI is InChI=1S/C19H28NO2/c1-15-8-3-4-10-17(15)19(21)22-14-16-9-7-13-20(2)12-6-5-11-18(16)20/h3-4,8,10,16,18H,5-7,9,11-14H2,1-2H3/q+1/t16-,18+,20?/m0/s1. The SMILES string of the molecule is Cc1ccccc1C(=O)OC[C@@H]1CCC[N+]2(C)CCCC[C@H]12. The molecule has 1 unspecified atom stereocenters. The highest BCUT2D eigenvalue weighted by atomic mass is 16.5. The van der Waals surface area contributed by atoms with E-state index in [1.54, 1.807) is 0 Å². The maximum Gasteiger partial charge on any atom is 0.338 e.